The first-order valence-corrected chi connectivity index (χ1v) is 17.5. The Morgan fingerprint density at radius 2 is 1.18 bits per heavy atom. The van der Waals surface area contributed by atoms with Gasteiger partial charge in [-0.1, -0.05) is 129 Å². The zero-order valence-electron chi connectivity index (χ0n) is 29.3. The van der Waals surface area contributed by atoms with Gasteiger partial charge in [-0.25, -0.2) is 0 Å². The molecular weight excluding hydrogens is 628 g/mol. The molecule has 5 aromatic rings. The fourth-order valence-corrected chi connectivity index (χ4v) is 8.16. The van der Waals surface area contributed by atoms with Crippen LogP contribution in [0.15, 0.2) is 181 Å². The number of anilines is 2. The third-order valence-corrected chi connectivity index (χ3v) is 10.7. The summed E-state index contributed by atoms with van der Waals surface area (Å²) in [6, 6.07) is 50.2. The second-order valence-electron chi connectivity index (χ2n) is 14.4. The monoisotopic (exact) mass is 670 g/mol. The van der Waals surface area contributed by atoms with E-state index in [1.807, 2.05) is 0 Å². The molecule has 5 aromatic carbocycles. The Morgan fingerprint density at radius 1 is 0.580 bits per heavy atom. The van der Waals surface area contributed by atoms with Crippen LogP contribution in [0, 0.1) is 0 Å². The minimum atomic E-state index is -0.137. The number of allylic oxidation sites excluding steroid dienone is 8. The van der Waals surface area contributed by atoms with Gasteiger partial charge in [-0.15, -0.1) is 0 Å². The standard InChI is InChI=1S/C47H43N2.ClH/c1-46(2)39-24-14-16-26-41(39)48(37-20-10-6-11-21-37)43(46)32-30-35-28-29-36(45(35)34-18-8-5-9-19-34)31-33-44-47(3,4)40-25-15-17-27-42(40)49(44)38-22-12-7-13-23-38;/h5-27,30-33H,28-29H2,1-4H3;1H/q+1;/p-1. The van der Waals surface area contributed by atoms with Crippen molar-refractivity contribution in [3.05, 3.63) is 197 Å². The van der Waals surface area contributed by atoms with Crippen molar-refractivity contribution in [1.29, 1.82) is 0 Å². The molecule has 0 atom stereocenters. The molecule has 0 saturated carbocycles. The first-order valence-electron chi connectivity index (χ1n) is 17.5. The van der Waals surface area contributed by atoms with Crippen molar-refractivity contribution in [3.8, 4) is 0 Å². The van der Waals surface area contributed by atoms with Crippen LogP contribution < -0.4 is 21.9 Å². The largest absolute Gasteiger partial charge is 1.00 e. The van der Waals surface area contributed by atoms with Crippen molar-refractivity contribution in [2.75, 3.05) is 4.90 Å². The van der Waals surface area contributed by atoms with E-state index in [9.17, 15) is 0 Å². The number of halogens is 1. The highest BCUT2D eigenvalue weighted by molar-refractivity contribution is 6.10. The van der Waals surface area contributed by atoms with Gasteiger partial charge in [-0.05, 0) is 78.8 Å². The van der Waals surface area contributed by atoms with Gasteiger partial charge in [-0.2, -0.15) is 4.58 Å². The molecule has 0 amide bonds. The number of nitrogens with zero attached hydrogens (tertiary/aromatic N) is 2. The SMILES string of the molecule is CC1(C)C(/C=C/C2=C(c3ccccc3)C(=C/C=C3/N(c4ccccc4)c4ccccc4C3(C)C)/CC2)=[N+](c2ccccc2)c2ccccc21.[Cl-]. The number of benzene rings is 5. The van der Waals surface area contributed by atoms with Gasteiger partial charge in [0, 0.05) is 52.3 Å². The van der Waals surface area contributed by atoms with E-state index in [-0.39, 0.29) is 23.2 Å². The lowest BCUT2D eigenvalue weighted by molar-refractivity contribution is -0.00000984. The minimum Gasteiger partial charge on any atom is -1.00 e. The highest BCUT2D eigenvalue weighted by Crippen LogP contribution is 2.51. The molecule has 248 valence electrons. The van der Waals surface area contributed by atoms with Crippen LogP contribution in [-0.4, -0.2) is 5.71 Å². The summed E-state index contributed by atoms with van der Waals surface area (Å²) in [5, 5.41) is 0. The predicted octanol–water partition coefficient (Wildman–Crippen LogP) is 9.00. The molecular formula is C47H43ClN2. The van der Waals surface area contributed by atoms with Crippen LogP contribution in [0.5, 0.6) is 0 Å². The van der Waals surface area contributed by atoms with E-state index >= 15 is 0 Å². The zero-order chi connectivity index (χ0) is 33.6. The Hall–Kier alpha value is -5.18. The van der Waals surface area contributed by atoms with Crippen molar-refractivity contribution in [2.24, 2.45) is 0 Å². The fraction of sp³-hybridized carbons (Fsp3) is 0.170. The molecule has 0 radical (unpaired) electrons. The third-order valence-electron chi connectivity index (χ3n) is 10.7. The third kappa shape index (κ3) is 5.58. The van der Waals surface area contributed by atoms with E-state index < -0.39 is 0 Å². The smallest absolute Gasteiger partial charge is 0.215 e. The predicted molar refractivity (Wildman–Crippen MR) is 208 cm³/mol. The molecule has 0 spiro atoms. The molecule has 3 heteroatoms. The van der Waals surface area contributed by atoms with Crippen LogP contribution in [0.2, 0.25) is 0 Å². The molecule has 1 aliphatic carbocycles. The maximum absolute atomic E-state index is 2.45. The lowest BCUT2D eigenvalue weighted by Gasteiger charge is -2.27. The van der Waals surface area contributed by atoms with Crippen LogP contribution in [0.1, 0.15) is 57.2 Å². The molecule has 0 unspecified atom stereocenters. The summed E-state index contributed by atoms with van der Waals surface area (Å²) in [7, 11) is 0. The van der Waals surface area contributed by atoms with Gasteiger partial charge >= 0.3 is 0 Å². The van der Waals surface area contributed by atoms with Gasteiger partial charge in [0.25, 0.3) is 0 Å². The molecule has 0 aromatic heterocycles. The second-order valence-corrected chi connectivity index (χ2v) is 14.4. The first kappa shape index (κ1) is 33.3. The molecule has 0 bridgehead atoms. The maximum atomic E-state index is 2.45. The van der Waals surface area contributed by atoms with E-state index in [0.29, 0.717) is 0 Å². The normalized spacial score (nSPS) is 19.0. The lowest BCUT2D eigenvalue weighted by atomic mass is 9.81. The molecule has 2 nitrogen and oxygen atoms in total. The summed E-state index contributed by atoms with van der Waals surface area (Å²) in [5.74, 6) is 0. The van der Waals surface area contributed by atoms with Crippen LogP contribution in [-0.2, 0) is 10.8 Å². The van der Waals surface area contributed by atoms with Crippen molar-refractivity contribution in [1.82, 2.24) is 4.58 Å². The molecule has 8 rings (SSSR count). The Morgan fingerprint density at radius 3 is 1.90 bits per heavy atom. The van der Waals surface area contributed by atoms with E-state index in [4.69, 9.17) is 0 Å². The summed E-state index contributed by atoms with van der Waals surface area (Å²) >= 11 is 0. The average Bonchev–Trinajstić information content (AvgIpc) is 3.72. The van der Waals surface area contributed by atoms with Gasteiger partial charge in [-0.3, -0.25) is 0 Å². The Labute approximate surface area is 303 Å². The zero-order valence-corrected chi connectivity index (χ0v) is 30.0. The van der Waals surface area contributed by atoms with Crippen molar-refractivity contribution in [2.45, 2.75) is 51.4 Å². The van der Waals surface area contributed by atoms with E-state index in [2.05, 4.69) is 201 Å². The fourth-order valence-electron chi connectivity index (χ4n) is 8.16. The van der Waals surface area contributed by atoms with Crippen molar-refractivity contribution < 1.29 is 12.4 Å². The Bertz CT molecular complexity index is 2200. The van der Waals surface area contributed by atoms with Gasteiger partial charge < -0.3 is 17.3 Å². The van der Waals surface area contributed by atoms with Gasteiger partial charge in [0.1, 0.15) is 0 Å². The quantitative estimate of drug-likeness (QED) is 0.164. The average molecular weight is 671 g/mol. The van der Waals surface area contributed by atoms with E-state index in [1.54, 1.807) is 0 Å². The molecule has 2 aliphatic heterocycles. The van der Waals surface area contributed by atoms with Gasteiger partial charge in [0.15, 0.2) is 5.71 Å². The van der Waals surface area contributed by atoms with Crippen LogP contribution in [0.4, 0.5) is 22.7 Å². The highest BCUT2D eigenvalue weighted by atomic mass is 35.5. The van der Waals surface area contributed by atoms with Crippen LogP contribution in [0.3, 0.4) is 0 Å². The van der Waals surface area contributed by atoms with Crippen LogP contribution in [0.25, 0.3) is 5.57 Å². The van der Waals surface area contributed by atoms with E-state index in [1.165, 1.54) is 67.6 Å². The van der Waals surface area contributed by atoms with Crippen molar-refractivity contribution in [3.63, 3.8) is 0 Å². The number of para-hydroxylation sites is 4. The maximum Gasteiger partial charge on any atom is 0.215 e. The molecule has 0 fully saturated rings. The Balaban J connectivity index is 0.00000392. The Kier molecular flexibility index (Phi) is 8.84. The molecule has 2 heterocycles. The molecule has 0 N–H and O–H groups in total. The number of rotatable bonds is 6. The van der Waals surface area contributed by atoms with Gasteiger partial charge in [0.2, 0.25) is 11.4 Å². The van der Waals surface area contributed by atoms with Crippen LogP contribution >= 0.6 is 0 Å². The van der Waals surface area contributed by atoms with Crippen molar-refractivity contribution >= 4 is 34.0 Å². The summed E-state index contributed by atoms with van der Waals surface area (Å²) in [6.07, 6.45) is 11.6. The van der Waals surface area contributed by atoms with E-state index in [0.717, 1.165) is 12.8 Å². The molecule has 0 saturated heterocycles. The number of hydrogen-bond acceptors (Lipinski definition) is 1. The number of fused-ring (bicyclic) bond motifs is 2. The first-order chi connectivity index (χ1) is 23.9. The lowest BCUT2D eigenvalue weighted by Crippen LogP contribution is -3.00. The summed E-state index contributed by atoms with van der Waals surface area (Å²) < 4.78 is 2.45. The molecule has 3 aliphatic rings. The minimum absolute atomic E-state index is 0. The number of hydrogen-bond donors (Lipinski definition) is 0. The van der Waals surface area contributed by atoms with Gasteiger partial charge in [0.05, 0.1) is 5.41 Å². The summed E-state index contributed by atoms with van der Waals surface area (Å²) in [4.78, 5) is 2.45. The topological polar surface area (TPSA) is 6.25 Å². The highest BCUT2D eigenvalue weighted by Gasteiger charge is 2.45. The molecule has 50 heavy (non-hydrogen) atoms. The second kappa shape index (κ2) is 13.3. The summed E-state index contributed by atoms with van der Waals surface area (Å²) in [6.45, 7) is 9.42. The summed E-state index contributed by atoms with van der Waals surface area (Å²) in [5.41, 5.74) is 15.3.